The summed E-state index contributed by atoms with van der Waals surface area (Å²) >= 11 is 2.92. The first-order valence-corrected chi connectivity index (χ1v) is 13.1. The van der Waals surface area contributed by atoms with Crippen LogP contribution in [0.1, 0.15) is 10.4 Å². The third-order valence-electron chi connectivity index (χ3n) is 6.27. The number of aryl methyl sites for hydroxylation is 1. The summed E-state index contributed by atoms with van der Waals surface area (Å²) in [5, 5.41) is 3.79. The highest BCUT2D eigenvalue weighted by Gasteiger charge is 2.23. The molecule has 0 spiro atoms. The Balaban J connectivity index is 1.30. The van der Waals surface area contributed by atoms with Crippen LogP contribution in [0.5, 0.6) is 0 Å². The van der Waals surface area contributed by atoms with Crippen LogP contribution < -0.4 is 11.2 Å². The van der Waals surface area contributed by atoms with Gasteiger partial charge in [-0.1, -0.05) is 36.4 Å². The molecular formula is C25H26N4O3S2. The van der Waals surface area contributed by atoms with Crippen molar-refractivity contribution < 1.29 is 4.79 Å². The zero-order valence-corrected chi connectivity index (χ0v) is 20.4. The van der Waals surface area contributed by atoms with Crippen molar-refractivity contribution in [3.05, 3.63) is 90.6 Å². The molecule has 1 amide bonds. The number of rotatable bonds is 7. The molecule has 1 aromatic carbocycles. The summed E-state index contributed by atoms with van der Waals surface area (Å²) in [6, 6.07) is 16.0. The zero-order chi connectivity index (χ0) is 23.5. The van der Waals surface area contributed by atoms with Gasteiger partial charge in [0.15, 0.2) is 0 Å². The van der Waals surface area contributed by atoms with Gasteiger partial charge in [-0.2, -0.15) is 0 Å². The molecule has 34 heavy (non-hydrogen) atoms. The van der Waals surface area contributed by atoms with Crippen LogP contribution in [0.2, 0.25) is 0 Å². The Bertz CT molecular complexity index is 1380. The van der Waals surface area contributed by atoms with Crippen LogP contribution in [0.3, 0.4) is 0 Å². The molecule has 176 valence electrons. The lowest BCUT2D eigenvalue weighted by Gasteiger charge is -2.35. The Hall–Kier alpha value is -3.01. The van der Waals surface area contributed by atoms with E-state index in [0.29, 0.717) is 36.3 Å². The number of aromatic nitrogens is 2. The maximum Gasteiger partial charge on any atom is 0.332 e. The second-order valence-electron chi connectivity index (χ2n) is 8.43. The molecule has 5 rings (SSSR count). The average Bonchev–Trinajstić information content (AvgIpc) is 3.55. The van der Waals surface area contributed by atoms with E-state index in [1.54, 1.807) is 22.8 Å². The zero-order valence-electron chi connectivity index (χ0n) is 18.8. The minimum absolute atomic E-state index is 0.0516. The lowest BCUT2D eigenvalue weighted by Crippen LogP contribution is -2.50. The summed E-state index contributed by atoms with van der Waals surface area (Å²) < 4.78 is 3.27. The van der Waals surface area contributed by atoms with Gasteiger partial charge in [0.05, 0.1) is 5.52 Å². The van der Waals surface area contributed by atoms with Crippen molar-refractivity contribution in [1.82, 2.24) is 18.9 Å². The minimum Gasteiger partial charge on any atom is -0.339 e. The SMILES string of the molecule is O=C(Cn1c(=O)n(CCc2cccs2)c(=O)c2sccc21)N1CCN(Cc2ccccc2)CC1. The lowest BCUT2D eigenvalue weighted by atomic mass is 10.2. The molecule has 1 aliphatic rings. The van der Waals surface area contributed by atoms with E-state index < -0.39 is 5.69 Å². The number of thiophene rings is 2. The Morgan fingerprint density at radius 1 is 0.853 bits per heavy atom. The standard InChI is InChI=1S/C25H26N4O3S2/c30-22(27-13-11-26(12-14-27)17-19-5-2-1-3-6-19)18-29-21-9-16-34-23(21)24(31)28(25(29)32)10-8-20-7-4-15-33-20/h1-7,9,15-16H,8,10-14,17-18H2. The molecule has 1 saturated heterocycles. The lowest BCUT2D eigenvalue weighted by molar-refractivity contribution is -0.133. The molecule has 0 unspecified atom stereocenters. The van der Waals surface area contributed by atoms with Crippen molar-refractivity contribution >= 4 is 38.8 Å². The van der Waals surface area contributed by atoms with Gasteiger partial charge in [0.2, 0.25) is 5.91 Å². The molecule has 4 aromatic rings. The number of fused-ring (bicyclic) bond motifs is 1. The Morgan fingerprint density at radius 2 is 1.65 bits per heavy atom. The molecule has 0 saturated carbocycles. The normalized spacial score (nSPS) is 14.6. The van der Waals surface area contributed by atoms with E-state index in [0.717, 1.165) is 24.5 Å². The van der Waals surface area contributed by atoms with Crippen LogP contribution in [0.15, 0.2) is 68.9 Å². The van der Waals surface area contributed by atoms with Crippen molar-refractivity contribution in [2.45, 2.75) is 26.1 Å². The molecule has 1 aliphatic heterocycles. The first-order chi connectivity index (χ1) is 16.6. The average molecular weight is 495 g/mol. The molecule has 7 nitrogen and oxygen atoms in total. The van der Waals surface area contributed by atoms with E-state index in [-0.39, 0.29) is 18.0 Å². The van der Waals surface area contributed by atoms with Gasteiger partial charge in [0, 0.05) is 44.1 Å². The van der Waals surface area contributed by atoms with E-state index in [1.807, 2.05) is 40.6 Å². The quantitative estimate of drug-likeness (QED) is 0.396. The molecule has 0 N–H and O–H groups in total. The largest absolute Gasteiger partial charge is 0.339 e. The predicted molar refractivity (Wildman–Crippen MR) is 137 cm³/mol. The molecule has 0 bridgehead atoms. The molecule has 0 aliphatic carbocycles. The predicted octanol–water partition coefficient (Wildman–Crippen LogP) is 2.87. The van der Waals surface area contributed by atoms with Crippen LogP contribution in [-0.2, 0) is 30.8 Å². The first-order valence-electron chi connectivity index (χ1n) is 11.4. The fourth-order valence-corrected chi connectivity index (χ4v) is 5.93. The number of benzene rings is 1. The fraction of sp³-hybridized carbons (Fsp3) is 0.320. The van der Waals surface area contributed by atoms with Gasteiger partial charge in [0.1, 0.15) is 11.2 Å². The maximum absolute atomic E-state index is 13.3. The molecule has 3 aromatic heterocycles. The summed E-state index contributed by atoms with van der Waals surface area (Å²) in [5.41, 5.74) is 1.12. The van der Waals surface area contributed by atoms with E-state index in [1.165, 1.54) is 26.0 Å². The van der Waals surface area contributed by atoms with Gasteiger partial charge in [-0.15, -0.1) is 22.7 Å². The van der Waals surface area contributed by atoms with Crippen molar-refractivity contribution in [1.29, 1.82) is 0 Å². The van der Waals surface area contributed by atoms with Crippen LogP contribution >= 0.6 is 22.7 Å². The number of hydrogen-bond donors (Lipinski definition) is 0. The molecule has 9 heteroatoms. The summed E-state index contributed by atoms with van der Waals surface area (Å²) in [6.07, 6.45) is 0.612. The van der Waals surface area contributed by atoms with Gasteiger partial charge in [0.25, 0.3) is 5.56 Å². The minimum atomic E-state index is -0.413. The Morgan fingerprint density at radius 3 is 2.38 bits per heavy atom. The third kappa shape index (κ3) is 4.77. The van der Waals surface area contributed by atoms with Crippen molar-refractivity contribution in [2.24, 2.45) is 0 Å². The van der Waals surface area contributed by atoms with Crippen LogP contribution in [-0.4, -0.2) is 51.0 Å². The van der Waals surface area contributed by atoms with Gasteiger partial charge in [-0.3, -0.25) is 23.6 Å². The highest BCUT2D eigenvalue weighted by molar-refractivity contribution is 7.17. The van der Waals surface area contributed by atoms with Crippen molar-refractivity contribution in [3.8, 4) is 0 Å². The van der Waals surface area contributed by atoms with Crippen LogP contribution in [0.25, 0.3) is 10.2 Å². The summed E-state index contributed by atoms with van der Waals surface area (Å²) in [5.74, 6) is -0.0857. The molecule has 0 atom stereocenters. The molecule has 4 heterocycles. The van der Waals surface area contributed by atoms with Gasteiger partial charge in [-0.25, -0.2) is 4.79 Å². The second kappa shape index (κ2) is 10.1. The third-order valence-corrected chi connectivity index (χ3v) is 8.09. The summed E-state index contributed by atoms with van der Waals surface area (Å²) in [4.78, 5) is 44.7. The molecule has 0 radical (unpaired) electrons. The van der Waals surface area contributed by atoms with E-state index in [9.17, 15) is 14.4 Å². The maximum atomic E-state index is 13.3. The van der Waals surface area contributed by atoms with Crippen LogP contribution in [0, 0.1) is 0 Å². The van der Waals surface area contributed by atoms with E-state index in [4.69, 9.17) is 0 Å². The van der Waals surface area contributed by atoms with Gasteiger partial charge >= 0.3 is 5.69 Å². The Labute approximate surface area is 205 Å². The highest BCUT2D eigenvalue weighted by Crippen LogP contribution is 2.17. The molecular weight excluding hydrogens is 468 g/mol. The van der Waals surface area contributed by atoms with Crippen LogP contribution in [0.4, 0.5) is 0 Å². The van der Waals surface area contributed by atoms with Crippen molar-refractivity contribution in [3.63, 3.8) is 0 Å². The van der Waals surface area contributed by atoms with Gasteiger partial charge in [-0.05, 0) is 34.9 Å². The second-order valence-corrected chi connectivity index (χ2v) is 10.4. The number of amides is 1. The van der Waals surface area contributed by atoms with E-state index >= 15 is 0 Å². The van der Waals surface area contributed by atoms with Gasteiger partial charge < -0.3 is 4.90 Å². The highest BCUT2D eigenvalue weighted by atomic mass is 32.1. The first kappa shape index (κ1) is 22.8. The molecule has 1 fully saturated rings. The van der Waals surface area contributed by atoms with Crippen molar-refractivity contribution in [2.75, 3.05) is 26.2 Å². The number of carbonyl (C=O) groups is 1. The monoisotopic (exact) mass is 494 g/mol. The Kier molecular flexibility index (Phi) is 6.75. The smallest absolute Gasteiger partial charge is 0.332 e. The number of carbonyl (C=O) groups excluding carboxylic acids is 1. The number of hydrogen-bond acceptors (Lipinski definition) is 6. The summed E-state index contributed by atoms with van der Waals surface area (Å²) in [7, 11) is 0. The number of nitrogens with zero attached hydrogens (tertiary/aromatic N) is 4. The topological polar surface area (TPSA) is 67.5 Å². The van der Waals surface area contributed by atoms with E-state index in [2.05, 4.69) is 17.0 Å². The number of piperazine rings is 1. The summed E-state index contributed by atoms with van der Waals surface area (Å²) in [6.45, 7) is 3.97. The fourth-order valence-electron chi connectivity index (χ4n) is 4.39.